The first-order chi connectivity index (χ1) is 9.79. The number of nitrogens with zero attached hydrogens (tertiary/aromatic N) is 4. The van der Waals surface area contributed by atoms with Gasteiger partial charge in [0.1, 0.15) is 13.1 Å². The zero-order valence-corrected chi connectivity index (χ0v) is 13.5. The summed E-state index contributed by atoms with van der Waals surface area (Å²) in [5, 5.41) is 0. The second kappa shape index (κ2) is 8.23. The number of hydrogen-bond donors (Lipinski definition) is 0. The maximum absolute atomic E-state index is 11.0. The maximum atomic E-state index is 11.0. The predicted octanol–water partition coefficient (Wildman–Crippen LogP) is 0.437. The van der Waals surface area contributed by atoms with Gasteiger partial charge in [0.05, 0.1) is 0 Å². The van der Waals surface area contributed by atoms with E-state index in [1.807, 2.05) is 20.8 Å². The van der Waals surface area contributed by atoms with E-state index in [9.17, 15) is 19.2 Å². The molecule has 0 saturated carbocycles. The summed E-state index contributed by atoms with van der Waals surface area (Å²) in [6.07, 6.45) is 0. The van der Waals surface area contributed by atoms with Crippen molar-refractivity contribution in [1.29, 1.82) is 0 Å². The summed E-state index contributed by atoms with van der Waals surface area (Å²) in [6.45, 7) is 6.92. The van der Waals surface area contributed by atoms with Gasteiger partial charge in [-0.1, -0.05) is 13.8 Å². The van der Waals surface area contributed by atoms with Crippen molar-refractivity contribution in [1.82, 2.24) is 19.6 Å². The molecule has 0 aromatic heterocycles. The van der Waals surface area contributed by atoms with Crippen molar-refractivity contribution in [2.24, 2.45) is 0 Å². The van der Waals surface area contributed by atoms with E-state index in [0.29, 0.717) is 6.54 Å². The molecule has 8 nitrogen and oxygen atoms in total. The highest BCUT2D eigenvalue weighted by Gasteiger charge is 2.31. The van der Waals surface area contributed by atoms with E-state index in [1.165, 1.54) is 23.9 Å². The van der Waals surface area contributed by atoms with E-state index in [4.69, 9.17) is 0 Å². The van der Waals surface area contributed by atoms with Gasteiger partial charge in [0.2, 0.25) is 11.8 Å². The first-order valence-corrected chi connectivity index (χ1v) is 6.86. The van der Waals surface area contributed by atoms with Gasteiger partial charge >= 0.3 is 12.1 Å². The minimum absolute atomic E-state index is 0.119. The molecule has 2 saturated heterocycles. The number of urea groups is 2. The van der Waals surface area contributed by atoms with Crippen LogP contribution >= 0.6 is 0 Å². The predicted molar refractivity (Wildman–Crippen MR) is 77.6 cm³/mol. The van der Waals surface area contributed by atoms with Gasteiger partial charge in [0, 0.05) is 27.7 Å². The van der Waals surface area contributed by atoms with Crippen LogP contribution in [-0.2, 0) is 9.59 Å². The molecule has 8 heteroatoms. The first-order valence-electron chi connectivity index (χ1n) is 6.86. The summed E-state index contributed by atoms with van der Waals surface area (Å²) >= 11 is 0. The number of imide groups is 2. The van der Waals surface area contributed by atoms with E-state index >= 15 is 0 Å². The smallest absolute Gasteiger partial charge is 0.318 e. The van der Waals surface area contributed by atoms with E-state index < -0.39 is 0 Å². The number of carbonyl (C=O) groups is 4. The molecule has 0 aliphatic carbocycles. The van der Waals surface area contributed by atoms with Crippen LogP contribution in [0.4, 0.5) is 9.59 Å². The summed E-state index contributed by atoms with van der Waals surface area (Å²) < 4.78 is 0. The molecule has 0 spiro atoms. The van der Waals surface area contributed by atoms with Crippen LogP contribution in [0.15, 0.2) is 0 Å². The highest BCUT2D eigenvalue weighted by atomic mass is 16.2. The van der Waals surface area contributed by atoms with Gasteiger partial charge in [-0.2, -0.15) is 0 Å². The number of carbonyl (C=O) groups excluding carboxylic acids is 4. The molecule has 2 rings (SSSR count). The van der Waals surface area contributed by atoms with Crippen LogP contribution in [0.5, 0.6) is 0 Å². The fraction of sp³-hybridized carbons (Fsp3) is 0.692. The Labute approximate surface area is 125 Å². The highest BCUT2D eigenvalue weighted by molar-refractivity contribution is 6.02. The summed E-state index contributed by atoms with van der Waals surface area (Å²) in [5.74, 6) is -0.255. The molecule has 0 unspecified atom stereocenters. The van der Waals surface area contributed by atoms with Crippen molar-refractivity contribution in [2.75, 3.05) is 40.8 Å². The standard InChI is InChI=1S/C6H10N2O2.C5H8N2O2.C2H6/c1-3-8-4-5(9)7(2)6(8)10;1-6-3-4(8)7(2)5(6)9;1-2/h3-4H2,1-2H3;3H2,1-2H3;1-2H3. The SMILES string of the molecule is CC.CCN1CC(=O)N(C)C1=O.CN1CC(=O)N(C)C1=O. The number of likely N-dealkylation sites (N-methyl/N-ethyl adjacent to an activating group) is 4. The van der Waals surface area contributed by atoms with Crippen molar-refractivity contribution in [3.8, 4) is 0 Å². The average Bonchev–Trinajstić information content (AvgIpc) is 2.86. The quantitative estimate of drug-likeness (QED) is 0.658. The summed E-state index contributed by atoms with van der Waals surface area (Å²) in [5.41, 5.74) is 0. The molecule has 21 heavy (non-hydrogen) atoms. The molecule has 0 bridgehead atoms. The molecule has 6 amide bonds. The lowest BCUT2D eigenvalue weighted by Crippen LogP contribution is -2.29. The highest BCUT2D eigenvalue weighted by Crippen LogP contribution is 2.05. The third kappa shape index (κ3) is 4.44. The molecular weight excluding hydrogens is 276 g/mol. The zero-order chi connectivity index (χ0) is 16.7. The number of amides is 6. The van der Waals surface area contributed by atoms with Crippen LogP contribution in [0.2, 0.25) is 0 Å². The van der Waals surface area contributed by atoms with Gasteiger partial charge in [-0.25, -0.2) is 9.59 Å². The van der Waals surface area contributed by atoms with Crippen LogP contribution < -0.4 is 0 Å². The Bertz CT molecular complexity index is 424. The number of rotatable bonds is 1. The average molecular weight is 300 g/mol. The Hall–Kier alpha value is -2.12. The third-order valence-corrected chi connectivity index (χ3v) is 3.00. The van der Waals surface area contributed by atoms with Crippen molar-refractivity contribution < 1.29 is 19.2 Å². The second-order valence-electron chi connectivity index (χ2n) is 4.34. The van der Waals surface area contributed by atoms with Gasteiger partial charge < -0.3 is 9.80 Å². The number of hydrogen-bond acceptors (Lipinski definition) is 4. The summed E-state index contributed by atoms with van der Waals surface area (Å²) in [7, 11) is 4.58. The fourth-order valence-electron chi connectivity index (χ4n) is 1.64. The van der Waals surface area contributed by atoms with Crippen LogP contribution in [0.25, 0.3) is 0 Å². The normalized spacial score (nSPS) is 17.8. The van der Waals surface area contributed by atoms with Crippen molar-refractivity contribution >= 4 is 23.9 Å². The largest absolute Gasteiger partial charge is 0.326 e. The maximum Gasteiger partial charge on any atom is 0.326 e. The Kier molecular flexibility index (Phi) is 7.40. The molecular formula is C13H24N4O4. The molecule has 0 radical (unpaired) electrons. The van der Waals surface area contributed by atoms with Crippen LogP contribution in [0.1, 0.15) is 20.8 Å². The topological polar surface area (TPSA) is 81.2 Å². The van der Waals surface area contributed by atoms with Crippen molar-refractivity contribution in [3.63, 3.8) is 0 Å². The van der Waals surface area contributed by atoms with E-state index in [-0.39, 0.29) is 37.0 Å². The van der Waals surface area contributed by atoms with Gasteiger partial charge in [-0.3, -0.25) is 19.4 Å². The van der Waals surface area contributed by atoms with Gasteiger partial charge in [0.25, 0.3) is 0 Å². The van der Waals surface area contributed by atoms with Crippen molar-refractivity contribution in [2.45, 2.75) is 20.8 Å². The third-order valence-electron chi connectivity index (χ3n) is 3.00. The molecule has 0 N–H and O–H groups in total. The van der Waals surface area contributed by atoms with E-state index in [2.05, 4.69) is 0 Å². The first kappa shape index (κ1) is 18.9. The minimum Gasteiger partial charge on any atom is -0.318 e. The molecule has 120 valence electrons. The Morgan fingerprint density at radius 1 is 0.810 bits per heavy atom. The Morgan fingerprint density at radius 3 is 1.38 bits per heavy atom. The van der Waals surface area contributed by atoms with Gasteiger partial charge in [0.15, 0.2) is 0 Å². The summed E-state index contributed by atoms with van der Waals surface area (Å²) in [6, 6.07) is -0.410. The Morgan fingerprint density at radius 2 is 1.24 bits per heavy atom. The van der Waals surface area contributed by atoms with Gasteiger partial charge in [-0.15, -0.1) is 0 Å². The van der Waals surface area contributed by atoms with Crippen molar-refractivity contribution in [3.05, 3.63) is 0 Å². The molecule has 2 heterocycles. The molecule has 0 aromatic carbocycles. The fourth-order valence-corrected chi connectivity index (χ4v) is 1.64. The molecule has 2 aliphatic heterocycles. The van der Waals surface area contributed by atoms with Crippen LogP contribution in [0.3, 0.4) is 0 Å². The second-order valence-corrected chi connectivity index (χ2v) is 4.34. The lowest BCUT2D eigenvalue weighted by molar-refractivity contribution is -0.125. The van der Waals surface area contributed by atoms with Crippen LogP contribution in [0, 0.1) is 0 Å². The molecule has 2 fully saturated rings. The van der Waals surface area contributed by atoms with Crippen LogP contribution in [-0.4, -0.2) is 84.3 Å². The Balaban J connectivity index is 0.000000342. The minimum atomic E-state index is -0.222. The van der Waals surface area contributed by atoms with E-state index in [1.54, 1.807) is 7.05 Å². The lowest BCUT2D eigenvalue weighted by atomic mass is 10.5. The van der Waals surface area contributed by atoms with E-state index in [0.717, 1.165) is 9.80 Å². The lowest BCUT2D eigenvalue weighted by Gasteiger charge is -2.10. The molecule has 0 atom stereocenters. The summed E-state index contributed by atoms with van der Waals surface area (Å²) in [4.78, 5) is 48.3. The monoisotopic (exact) mass is 300 g/mol. The zero-order valence-electron chi connectivity index (χ0n) is 13.5. The molecule has 2 aliphatic rings. The van der Waals surface area contributed by atoms with Gasteiger partial charge in [-0.05, 0) is 6.92 Å². The molecule has 0 aromatic rings.